The molecular formula is C16H19N3O4. The smallest absolute Gasteiger partial charge is 0.270 e. The standard InChI is InChI=1S/C16H19N3O4/c1-2-12-7-10(5-6-23-12)18-16(20)14-9-17-15-4-3-11(19(21)22)8-13(14)15/h3-4,8-10,12,17H,2,5-7H2,1H3,(H,18,20). The number of nitro benzene ring substituents is 1. The number of ether oxygens (including phenoxy) is 1. The van der Waals surface area contributed by atoms with E-state index in [1.165, 1.54) is 12.1 Å². The molecule has 2 atom stereocenters. The predicted octanol–water partition coefficient (Wildman–Crippen LogP) is 2.76. The van der Waals surface area contributed by atoms with Gasteiger partial charge in [0.25, 0.3) is 11.6 Å². The van der Waals surface area contributed by atoms with Crippen molar-refractivity contribution in [1.29, 1.82) is 0 Å². The van der Waals surface area contributed by atoms with Crippen molar-refractivity contribution < 1.29 is 14.5 Å². The number of hydrogen-bond donors (Lipinski definition) is 2. The molecule has 1 aliphatic rings. The van der Waals surface area contributed by atoms with Gasteiger partial charge in [0.05, 0.1) is 16.6 Å². The van der Waals surface area contributed by atoms with Crippen LogP contribution in [0.3, 0.4) is 0 Å². The molecule has 1 saturated heterocycles. The van der Waals surface area contributed by atoms with Gasteiger partial charge in [0.15, 0.2) is 0 Å². The van der Waals surface area contributed by atoms with E-state index in [2.05, 4.69) is 17.2 Å². The number of nitrogens with zero attached hydrogens (tertiary/aromatic N) is 1. The third-order valence-corrected chi connectivity index (χ3v) is 4.28. The quantitative estimate of drug-likeness (QED) is 0.669. The zero-order chi connectivity index (χ0) is 16.4. The number of rotatable bonds is 4. The van der Waals surface area contributed by atoms with E-state index in [9.17, 15) is 14.9 Å². The molecule has 2 N–H and O–H groups in total. The second-order valence-electron chi connectivity index (χ2n) is 5.79. The zero-order valence-electron chi connectivity index (χ0n) is 12.9. The lowest BCUT2D eigenvalue weighted by atomic mass is 10.0. The van der Waals surface area contributed by atoms with Gasteiger partial charge in [-0.3, -0.25) is 14.9 Å². The lowest BCUT2D eigenvalue weighted by molar-refractivity contribution is -0.384. The van der Waals surface area contributed by atoms with Gasteiger partial charge in [-0.15, -0.1) is 0 Å². The third kappa shape index (κ3) is 3.19. The first-order valence-corrected chi connectivity index (χ1v) is 7.76. The van der Waals surface area contributed by atoms with E-state index in [1.807, 2.05) is 0 Å². The van der Waals surface area contributed by atoms with Crippen molar-refractivity contribution in [3.63, 3.8) is 0 Å². The molecule has 0 saturated carbocycles. The maximum Gasteiger partial charge on any atom is 0.270 e. The monoisotopic (exact) mass is 317 g/mol. The first-order valence-electron chi connectivity index (χ1n) is 7.76. The van der Waals surface area contributed by atoms with E-state index in [4.69, 9.17) is 4.74 Å². The number of carbonyl (C=O) groups excluding carboxylic acids is 1. The summed E-state index contributed by atoms with van der Waals surface area (Å²) in [7, 11) is 0. The average molecular weight is 317 g/mol. The molecule has 2 aromatic rings. The molecule has 1 amide bonds. The number of nitro groups is 1. The number of aromatic amines is 1. The molecule has 0 bridgehead atoms. The van der Waals surface area contributed by atoms with E-state index in [0.29, 0.717) is 23.1 Å². The van der Waals surface area contributed by atoms with Gasteiger partial charge < -0.3 is 15.0 Å². The molecule has 0 radical (unpaired) electrons. The Morgan fingerprint density at radius 3 is 3.09 bits per heavy atom. The number of fused-ring (bicyclic) bond motifs is 1. The Morgan fingerprint density at radius 1 is 1.52 bits per heavy atom. The highest BCUT2D eigenvalue weighted by Gasteiger charge is 2.24. The minimum atomic E-state index is -0.460. The molecule has 3 rings (SSSR count). The Balaban J connectivity index is 1.80. The summed E-state index contributed by atoms with van der Waals surface area (Å²) < 4.78 is 5.61. The first kappa shape index (κ1) is 15.5. The fourth-order valence-electron chi connectivity index (χ4n) is 2.97. The molecule has 1 aromatic carbocycles. The highest BCUT2D eigenvalue weighted by Crippen LogP contribution is 2.24. The van der Waals surface area contributed by atoms with Crippen molar-refractivity contribution in [2.24, 2.45) is 0 Å². The normalized spacial score (nSPS) is 21.3. The summed E-state index contributed by atoms with van der Waals surface area (Å²) in [6.45, 7) is 2.70. The summed E-state index contributed by atoms with van der Waals surface area (Å²) in [4.78, 5) is 26.0. The molecule has 1 aliphatic heterocycles. The van der Waals surface area contributed by atoms with Gasteiger partial charge >= 0.3 is 0 Å². The lowest BCUT2D eigenvalue weighted by Gasteiger charge is -2.29. The van der Waals surface area contributed by atoms with Gasteiger partial charge in [0.1, 0.15) is 0 Å². The van der Waals surface area contributed by atoms with Crippen LogP contribution in [0.4, 0.5) is 5.69 Å². The van der Waals surface area contributed by atoms with Crippen LogP contribution in [0.25, 0.3) is 10.9 Å². The molecular weight excluding hydrogens is 298 g/mol. The third-order valence-electron chi connectivity index (χ3n) is 4.28. The van der Waals surface area contributed by atoms with Gasteiger partial charge in [-0.05, 0) is 25.3 Å². The van der Waals surface area contributed by atoms with Crippen LogP contribution in [0.15, 0.2) is 24.4 Å². The Kier molecular flexibility index (Phi) is 4.29. The molecule has 7 heteroatoms. The van der Waals surface area contributed by atoms with Crippen LogP contribution in [0.2, 0.25) is 0 Å². The largest absolute Gasteiger partial charge is 0.378 e. The Morgan fingerprint density at radius 2 is 2.35 bits per heavy atom. The Bertz CT molecular complexity index is 740. The highest BCUT2D eigenvalue weighted by atomic mass is 16.6. The summed E-state index contributed by atoms with van der Waals surface area (Å²) in [5, 5.41) is 14.5. The maximum absolute atomic E-state index is 12.5. The zero-order valence-corrected chi connectivity index (χ0v) is 12.9. The van der Waals surface area contributed by atoms with Crippen LogP contribution in [0, 0.1) is 10.1 Å². The number of carbonyl (C=O) groups is 1. The number of benzene rings is 1. The van der Waals surface area contributed by atoms with Crippen molar-refractivity contribution in [3.8, 4) is 0 Å². The van der Waals surface area contributed by atoms with Gasteiger partial charge in [-0.2, -0.15) is 0 Å². The molecule has 1 aromatic heterocycles. The topological polar surface area (TPSA) is 97.3 Å². The van der Waals surface area contributed by atoms with Gasteiger partial charge in [-0.25, -0.2) is 0 Å². The number of non-ortho nitro benzene ring substituents is 1. The minimum absolute atomic E-state index is 0.0248. The van der Waals surface area contributed by atoms with E-state index >= 15 is 0 Å². The number of aromatic nitrogens is 1. The number of hydrogen-bond acceptors (Lipinski definition) is 4. The van der Waals surface area contributed by atoms with Crippen LogP contribution in [-0.2, 0) is 4.74 Å². The summed E-state index contributed by atoms with van der Waals surface area (Å²) in [6.07, 6.45) is 4.28. The summed E-state index contributed by atoms with van der Waals surface area (Å²) in [5.74, 6) is -0.210. The van der Waals surface area contributed by atoms with Crippen molar-refractivity contribution >= 4 is 22.5 Å². The van der Waals surface area contributed by atoms with E-state index in [0.717, 1.165) is 19.3 Å². The van der Waals surface area contributed by atoms with Crippen molar-refractivity contribution in [2.45, 2.75) is 38.3 Å². The fraction of sp³-hybridized carbons (Fsp3) is 0.438. The van der Waals surface area contributed by atoms with Crippen LogP contribution in [-0.4, -0.2) is 34.6 Å². The summed E-state index contributed by atoms with van der Waals surface area (Å²) in [5.41, 5.74) is 1.12. The average Bonchev–Trinajstić information content (AvgIpc) is 2.98. The Labute approximate surface area is 133 Å². The first-order chi connectivity index (χ1) is 11.1. The predicted molar refractivity (Wildman–Crippen MR) is 85.5 cm³/mol. The summed E-state index contributed by atoms with van der Waals surface area (Å²) >= 11 is 0. The molecule has 23 heavy (non-hydrogen) atoms. The highest BCUT2D eigenvalue weighted by molar-refractivity contribution is 6.07. The molecule has 2 unspecified atom stereocenters. The molecule has 1 fully saturated rings. The molecule has 0 aliphatic carbocycles. The molecule has 2 heterocycles. The second kappa shape index (κ2) is 6.37. The Hall–Kier alpha value is -2.41. The maximum atomic E-state index is 12.5. The van der Waals surface area contributed by atoms with E-state index in [1.54, 1.807) is 12.3 Å². The lowest BCUT2D eigenvalue weighted by Crippen LogP contribution is -2.41. The summed E-state index contributed by atoms with van der Waals surface area (Å²) in [6, 6.07) is 4.54. The van der Waals surface area contributed by atoms with Gasteiger partial charge in [0.2, 0.25) is 0 Å². The minimum Gasteiger partial charge on any atom is -0.378 e. The molecule has 0 spiro atoms. The second-order valence-corrected chi connectivity index (χ2v) is 5.79. The molecule has 122 valence electrons. The van der Waals surface area contributed by atoms with Crippen molar-refractivity contribution in [1.82, 2.24) is 10.3 Å². The van der Waals surface area contributed by atoms with Crippen LogP contribution >= 0.6 is 0 Å². The van der Waals surface area contributed by atoms with Gasteiger partial charge in [0, 0.05) is 41.9 Å². The molecule has 7 nitrogen and oxygen atoms in total. The number of amides is 1. The number of nitrogens with one attached hydrogen (secondary N) is 2. The van der Waals surface area contributed by atoms with Gasteiger partial charge in [-0.1, -0.05) is 6.92 Å². The van der Waals surface area contributed by atoms with E-state index in [-0.39, 0.29) is 23.7 Å². The van der Waals surface area contributed by atoms with Crippen LogP contribution in [0.5, 0.6) is 0 Å². The SMILES string of the molecule is CCC1CC(NC(=O)c2c[nH]c3ccc([N+](=O)[O-])cc23)CCO1. The van der Waals surface area contributed by atoms with Crippen molar-refractivity contribution in [3.05, 3.63) is 40.1 Å². The van der Waals surface area contributed by atoms with E-state index < -0.39 is 4.92 Å². The fourth-order valence-corrected chi connectivity index (χ4v) is 2.97. The van der Waals surface area contributed by atoms with Crippen LogP contribution < -0.4 is 5.32 Å². The van der Waals surface area contributed by atoms with Crippen molar-refractivity contribution in [2.75, 3.05) is 6.61 Å². The number of H-pyrrole nitrogens is 1. The van der Waals surface area contributed by atoms with Crippen LogP contribution in [0.1, 0.15) is 36.5 Å².